The van der Waals surface area contributed by atoms with Crippen molar-refractivity contribution in [3.05, 3.63) is 28.3 Å². The van der Waals surface area contributed by atoms with Gasteiger partial charge >= 0.3 is 10.1 Å². The van der Waals surface area contributed by atoms with Gasteiger partial charge in [-0.25, -0.2) is 0 Å². The molecule has 1 amide bonds. The fourth-order valence-corrected chi connectivity index (χ4v) is 4.50. The van der Waals surface area contributed by atoms with Crippen molar-refractivity contribution in [2.24, 2.45) is 10.1 Å². The van der Waals surface area contributed by atoms with Crippen molar-refractivity contribution >= 4 is 61.5 Å². The van der Waals surface area contributed by atoms with Crippen LogP contribution in [0.3, 0.4) is 0 Å². The van der Waals surface area contributed by atoms with E-state index < -0.39 is 16.0 Å². The van der Waals surface area contributed by atoms with Gasteiger partial charge in [0.25, 0.3) is 5.91 Å². The molecule has 166 valence electrons. The lowest BCUT2D eigenvalue weighted by molar-refractivity contribution is -0.114. The van der Waals surface area contributed by atoms with Gasteiger partial charge in [-0.1, -0.05) is 24.9 Å². The summed E-state index contributed by atoms with van der Waals surface area (Å²) in [5.41, 5.74) is 0.447. The average Bonchev–Trinajstić information content (AvgIpc) is 3.08. The number of carbonyl (C=O) groups excluding carboxylic acids is 1. The molecular formula is C19H21ClN4O5S2. The van der Waals surface area contributed by atoms with Gasteiger partial charge in [0.05, 0.1) is 23.5 Å². The number of nitrogens with zero attached hydrogens (tertiary/aromatic N) is 3. The number of unbranched alkanes of at least 4 members (excludes halogenated alkanes) is 1. The van der Waals surface area contributed by atoms with E-state index in [1.807, 2.05) is 0 Å². The lowest BCUT2D eigenvalue weighted by Crippen LogP contribution is -2.35. The second-order valence-corrected chi connectivity index (χ2v) is 9.69. The summed E-state index contributed by atoms with van der Waals surface area (Å²) < 4.78 is 33.5. The quantitative estimate of drug-likeness (QED) is 0.438. The predicted octanol–water partition coefficient (Wildman–Crippen LogP) is 3.89. The van der Waals surface area contributed by atoms with E-state index in [9.17, 15) is 13.2 Å². The summed E-state index contributed by atoms with van der Waals surface area (Å²) >= 11 is 7.51. The van der Waals surface area contributed by atoms with Gasteiger partial charge in [-0.3, -0.25) is 10.2 Å². The Balaban J connectivity index is 1.97. The fourth-order valence-electron chi connectivity index (χ4n) is 2.79. The van der Waals surface area contributed by atoms with Crippen LogP contribution < -0.4 is 8.92 Å². The molecule has 31 heavy (non-hydrogen) atoms. The Kier molecular flexibility index (Phi) is 7.07. The summed E-state index contributed by atoms with van der Waals surface area (Å²) in [6.07, 6.45) is 5.06. The van der Waals surface area contributed by atoms with E-state index in [2.05, 4.69) is 17.0 Å². The van der Waals surface area contributed by atoms with Crippen molar-refractivity contribution in [1.29, 1.82) is 5.41 Å². The number of hydrogen-bond acceptors (Lipinski definition) is 8. The highest BCUT2D eigenvalue weighted by Crippen LogP contribution is 2.38. The van der Waals surface area contributed by atoms with Crippen LogP contribution in [-0.4, -0.2) is 48.2 Å². The molecule has 2 aliphatic heterocycles. The standard InChI is InChI=1S/C19H21ClN4O5S2/c1-4-6-7-15-23-24-17(21)12(18(25)22-19(24)30-15)8-11-9-13(20)16(29-31(3,26)27)14(10-11)28-5-2/h8-10,21H,4-7H2,1-3H3/b12-8-,21-17?. The number of fused-ring (bicyclic) bond motifs is 1. The number of halogens is 1. The second-order valence-electron chi connectivity index (χ2n) is 6.67. The maximum Gasteiger partial charge on any atom is 0.306 e. The highest BCUT2D eigenvalue weighted by atomic mass is 35.5. The smallest absolute Gasteiger partial charge is 0.306 e. The molecular weight excluding hydrogens is 464 g/mol. The first-order chi connectivity index (χ1) is 14.6. The average molecular weight is 485 g/mol. The molecule has 0 aliphatic carbocycles. The number of carbonyl (C=O) groups is 1. The third-order valence-electron chi connectivity index (χ3n) is 4.12. The van der Waals surface area contributed by atoms with Crippen LogP contribution in [0.15, 0.2) is 27.8 Å². The van der Waals surface area contributed by atoms with Gasteiger partial charge in [0.2, 0.25) is 10.9 Å². The molecule has 2 aliphatic rings. The highest BCUT2D eigenvalue weighted by molar-refractivity contribution is 8.26. The molecule has 0 unspecified atom stereocenters. The minimum absolute atomic E-state index is 0.0150. The molecule has 0 fully saturated rings. The largest absolute Gasteiger partial charge is 0.490 e. The molecule has 0 spiro atoms. The molecule has 0 saturated carbocycles. The molecule has 1 N–H and O–H groups in total. The van der Waals surface area contributed by atoms with E-state index in [0.29, 0.717) is 10.7 Å². The third kappa shape index (κ3) is 5.46. The molecule has 2 heterocycles. The van der Waals surface area contributed by atoms with Crippen molar-refractivity contribution < 1.29 is 22.1 Å². The molecule has 1 aromatic carbocycles. The minimum Gasteiger partial charge on any atom is -0.490 e. The van der Waals surface area contributed by atoms with Crippen LogP contribution in [-0.2, 0) is 14.9 Å². The summed E-state index contributed by atoms with van der Waals surface area (Å²) in [5.74, 6) is -0.705. The molecule has 0 atom stereocenters. The van der Waals surface area contributed by atoms with Crippen molar-refractivity contribution in [3.8, 4) is 11.5 Å². The number of thioether (sulfide) groups is 1. The summed E-state index contributed by atoms with van der Waals surface area (Å²) in [6.45, 7) is 4.03. The number of hydrazone groups is 1. The molecule has 12 heteroatoms. The van der Waals surface area contributed by atoms with E-state index in [1.165, 1.54) is 35.0 Å². The topological polar surface area (TPSA) is 121 Å². The van der Waals surface area contributed by atoms with Crippen molar-refractivity contribution in [2.45, 2.75) is 33.1 Å². The van der Waals surface area contributed by atoms with Gasteiger partial charge in [0, 0.05) is 0 Å². The molecule has 9 nitrogen and oxygen atoms in total. The maximum absolute atomic E-state index is 12.6. The van der Waals surface area contributed by atoms with Crippen molar-refractivity contribution in [3.63, 3.8) is 0 Å². The van der Waals surface area contributed by atoms with Gasteiger partial charge in [-0.15, -0.1) is 0 Å². The van der Waals surface area contributed by atoms with E-state index in [-0.39, 0.29) is 34.5 Å². The number of amides is 1. The Hall–Kier alpha value is -2.37. The first kappa shape index (κ1) is 23.3. The Bertz CT molecular complexity index is 1130. The Morgan fingerprint density at radius 1 is 1.32 bits per heavy atom. The van der Waals surface area contributed by atoms with Crippen LogP contribution >= 0.6 is 23.4 Å². The van der Waals surface area contributed by atoms with Crippen molar-refractivity contribution in [2.75, 3.05) is 12.9 Å². The summed E-state index contributed by atoms with van der Waals surface area (Å²) in [5, 5.41) is 15.3. The van der Waals surface area contributed by atoms with Gasteiger partial charge in [-0.05, 0) is 55.3 Å². The zero-order valence-electron chi connectivity index (χ0n) is 17.1. The normalized spacial score (nSPS) is 17.5. The zero-order chi connectivity index (χ0) is 22.8. The molecule has 0 radical (unpaired) electrons. The van der Waals surface area contributed by atoms with E-state index in [4.69, 9.17) is 25.9 Å². The van der Waals surface area contributed by atoms with Crippen LogP contribution in [0.4, 0.5) is 0 Å². The minimum atomic E-state index is -3.83. The number of benzene rings is 1. The number of hydrogen-bond donors (Lipinski definition) is 1. The zero-order valence-corrected chi connectivity index (χ0v) is 19.5. The lowest BCUT2D eigenvalue weighted by atomic mass is 10.1. The van der Waals surface area contributed by atoms with Crippen LogP contribution in [0.2, 0.25) is 5.02 Å². The summed E-state index contributed by atoms with van der Waals surface area (Å²) in [4.78, 5) is 16.6. The first-order valence-electron chi connectivity index (χ1n) is 9.47. The van der Waals surface area contributed by atoms with E-state index in [0.717, 1.165) is 30.6 Å². The fraction of sp³-hybridized carbons (Fsp3) is 0.368. The highest BCUT2D eigenvalue weighted by Gasteiger charge is 2.35. The van der Waals surface area contributed by atoms with Crippen LogP contribution in [0.25, 0.3) is 6.08 Å². The number of ether oxygens (including phenoxy) is 1. The van der Waals surface area contributed by atoms with Crippen LogP contribution in [0.5, 0.6) is 11.5 Å². The number of nitrogens with one attached hydrogen (secondary N) is 1. The molecule has 0 aromatic heterocycles. The number of aliphatic imine (C=N–C) groups is 1. The SMILES string of the molecule is CCCCC1=NN2C(=N)/C(=C/c3cc(Cl)c(OS(C)(=O)=O)c(OCC)c3)C(=O)N=C2S1. The Morgan fingerprint density at radius 2 is 2.06 bits per heavy atom. The summed E-state index contributed by atoms with van der Waals surface area (Å²) in [6, 6.07) is 2.91. The second kappa shape index (κ2) is 9.41. The molecule has 3 rings (SSSR count). The van der Waals surface area contributed by atoms with Gasteiger partial charge < -0.3 is 8.92 Å². The van der Waals surface area contributed by atoms with Gasteiger partial charge in [0.15, 0.2) is 11.6 Å². The first-order valence-corrected chi connectivity index (χ1v) is 12.5. The summed E-state index contributed by atoms with van der Waals surface area (Å²) in [7, 11) is -3.83. The Labute approximate surface area is 189 Å². The van der Waals surface area contributed by atoms with Gasteiger partial charge in [-0.2, -0.15) is 23.5 Å². The number of rotatable bonds is 8. The predicted molar refractivity (Wildman–Crippen MR) is 123 cm³/mol. The van der Waals surface area contributed by atoms with E-state index in [1.54, 1.807) is 6.92 Å². The van der Waals surface area contributed by atoms with E-state index >= 15 is 0 Å². The molecule has 0 bridgehead atoms. The number of amidine groups is 2. The van der Waals surface area contributed by atoms with Crippen LogP contribution in [0.1, 0.15) is 38.7 Å². The van der Waals surface area contributed by atoms with Crippen molar-refractivity contribution in [1.82, 2.24) is 5.01 Å². The van der Waals surface area contributed by atoms with Crippen LogP contribution in [0, 0.1) is 5.41 Å². The van der Waals surface area contributed by atoms with Gasteiger partial charge in [0.1, 0.15) is 5.04 Å². The maximum atomic E-state index is 12.6. The third-order valence-corrected chi connectivity index (χ3v) is 5.84. The lowest BCUT2D eigenvalue weighted by Gasteiger charge is -2.20. The molecule has 0 saturated heterocycles. The Morgan fingerprint density at radius 3 is 2.71 bits per heavy atom. The molecule has 1 aromatic rings. The monoisotopic (exact) mass is 484 g/mol.